The van der Waals surface area contributed by atoms with E-state index < -0.39 is 62.5 Å². The number of rotatable bonds is 16. The van der Waals surface area contributed by atoms with E-state index in [-0.39, 0.29) is 25.3 Å². The van der Waals surface area contributed by atoms with Crippen LogP contribution in [0.4, 0.5) is 0 Å². The highest BCUT2D eigenvalue weighted by atomic mass is 16.6. The molecule has 0 saturated carbocycles. The van der Waals surface area contributed by atoms with Gasteiger partial charge in [-0.3, -0.25) is 9.59 Å². The minimum atomic E-state index is -1.25. The van der Waals surface area contributed by atoms with E-state index >= 15 is 0 Å². The number of carbonyl (C=O) groups is 4. The van der Waals surface area contributed by atoms with Crippen molar-refractivity contribution >= 4 is 23.8 Å². The second-order valence-electron chi connectivity index (χ2n) is 6.46. The van der Waals surface area contributed by atoms with Crippen molar-refractivity contribution in [2.75, 3.05) is 33.0 Å². The molecular formula is C20H32N2O10. The van der Waals surface area contributed by atoms with E-state index in [1.807, 2.05) is 13.0 Å². The molecule has 0 aliphatic rings. The highest BCUT2D eigenvalue weighted by molar-refractivity contribution is 5.96. The number of hydrogen-bond acceptors (Lipinski definition) is 10. The van der Waals surface area contributed by atoms with Crippen LogP contribution in [0.15, 0.2) is 24.3 Å². The quantitative estimate of drug-likeness (QED) is 0.0828. The maximum absolute atomic E-state index is 12.3. The van der Waals surface area contributed by atoms with Gasteiger partial charge in [-0.25, -0.2) is 9.59 Å². The van der Waals surface area contributed by atoms with Crippen molar-refractivity contribution in [1.82, 2.24) is 10.6 Å². The molecule has 0 saturated heterocycles. The van der Waals surface area contributed by atoms with Crippen LogP contribution in [0.1, 0.15) is 26.2 Å². The predicted molar refractivity (Wildman–Crippen MR) is 111 cm³/mol. The predicted octanol–water partition coefficient (Wildman–Crippen LogP) is -2.32. The van der Waals surface area contributed by atoms with Gasteiger partial charge in [0.05, 0.1) is 26.4 Å². The Hall–Kier alpha value is -2.80. The van der Waals surface area contributed by atoms with Gasteiger partial charge in [-0.15, -0.1) is 0 Å². The smallest absolute Gasteiger partial charge is 0.331 e. The number of allylic oxidation sites excluding steroid dienone is 1. The highest BCUT2D eigenvalue weighted by Crippen LogP contribution is 2.01. The first kappa shape index (κ1) is 29.2. The molecule has 0 rings (SSSR count). The minimum Gasteiger partial charge on any atom is -0.456 e. The molecule has 0 aromatic rings. The zero-order valence-electron chi connectivity index (χ0n) is 17.9. The summed E-state index contributed by atoms with van der Waals surface area (Å²) in [4.78, 5) is 47.7. The first-order valence-corrected chi connectivity index (χ1v) is 10.1. The molecule has 0 bridgehead atoms. The molecule has 0 aliphatic heterocycles. The van der Waals surface area contributed by atoms with Gasteiger partial charge in [0.1, 0.15) is 18.2 Å². The SMILES string of the molecule is CC/C=C\CC(=O)NCCC(NC(=O)/C=C/C(=O)OC(CO)CO)C(=O)OC(CO)CO. The average molecular weight is 460 g/mol. The van der Waals surface area contributed by atoms with Gasteiger partial charge in [-0.1, -0.05) is 19.1 Å². The van der Waals surface area contributed by atoms with Gasteiger partial charge in [-0.05, 0) is 12.8 Å². The van der Waals surface area contributed by atoms with Gasteiger partial charge in [0, 0.05) is 25.1 Å². The Labute approximate surface area is 185 Å². The molecule has 0 radical (unpaired) electrons. The second-order valence-corrected chi connectivity index (χ2v) is 6.46. The van der Waals surface area contributed by atoms with Crippen LogP contribution >= 0.6 is 0 Å². The Morgan fingerprint density at radius 2 is 1.47 bits per heavy atom. The number of aliphatic hydroxyl groups is 4. The summed E-state index contributed by atoms with van der Waals surface area (Å²) in [6.45, 7) is -0.536. The van der Waals surface area contributed by atoms with E-state index in [2.05, 4.69) is 15.4 Å². The number of ether oxygens (including phenoxy) is 2. The molecule has 0 spiro atoms. The summed E-state index contributed by atoms with van der Waals surface area (Å²) >= 11 is 0. The summed E-state index contributed by atoms with van der Waals surface area (Å²) < 4.78 is 9.57. The lowest BCUT2D eigenvalue weighted by Gasteiger charge is -2.20. The fourth-order valence-electron chi connectivity index (χ4n) is 2.11. The summed E-state index contributed by atoms with van der Waals surface area (Å²) in [5, 5.41) is 40.7. The van der Waals surface area contributed by atoms with Gasteiger partial charge >= 0.3 is 11.9 Å². The summed E-state index contributed by atoms with van der Waals surface area (Å²) in [5.74, 6) is -3.11. The van der Waals surface area contributed by atoms with Crippen LogP contribution in [-0.2, 0) is 28.7 Å². The Bertz CT molecular complexity index is 642. The van der Waals surface area contributed by atoms with Crippen LogP contribution in [0.25, 0.3) is 0 Å². The third-order valence-corrected chi connectivity index (χ3v) is 3.81. The van der Waals surface area contributed by atoms with Crippen LogP contribution in [0.3, 0.4) is 0 Å². The number of nitrogens with one attached hydrogen (secondary N) is 2. The molecule has 1 atom stereocenters. The number of carbonyl (C=O) groups excluding carboxylic acids is 4. The average Bonchev–Trinajstić information content (AvgIpc) is 2.78. The number of esters is 2. The van der Waals surface area contributed by atoms with E-state index in [1.165, 1.54) is 0 Å². The van der Waals surface area contributed by atoms with Crippen molar-refractivity contribution in [1.29, 1.82) is 0 Å². The Morgan fingerprint density at radius 1 is 0.875 bits per heavy atom. The highest BCUT2D eigenvalue weighted by Gasteiger charge is 2.24. The summed E-state index contributed by atoms with van der Waals surface area (Å²) in [5.41, 5.74) is 0. The molecule has 32 heavy (non-hydrogen) atoms. The minimum absolute atomic E-state index is 0.0161. The molecule has 0 aromatic heterocycles. The molecule has 12 nitrogen and oxygen atoms in total. The van der Waals surface area contributed by atoms with Crippen molar-refractivity contribution in [2.24, 2.45) is 0 Å². The van der Waals surface area contributed by atoms with E-state index in [1.54, 1.807) is 6.08 Å². The third-order valence-electron chi connectivity index (χ3n) is 3.81. The Kier molecular flexibility index (Phi) is 16.3. The van der Waals surface area contributed by atoms with Crippen LogP contribution < -0.4 is 10.6 Å². The van der Waals surface area contributed by atoms with Crippen molar-refractivity contribution in [3.8, 4) is 0 Å². The van der Waals surface area contributed by atoms with Crippen LogP contribution in [0, 0.1) is 0 Å². The number of hydrogen-bond donors (Lipinski definition) is 6. The zero-order chi connectivity index (χ0) is 24.4. The molecule has 0 fully saturated rings. The molecule has 0 aliphatic carbocycles. The second kappa shape index (κ2) is 17.8. The summed E-state index contributed by atoms with van der Waals surface area (Å²) in [6, 6.07) is -1.25. The molecule has 0 aromatic carbocycles. The topological polar surface area (TPSA) is 192 Å². The van der Waals surface area contributed by atoms with Crippen molar-refractivity contribution in [3.05, 3.63) is 24.3 Å². The molecular weight excluding hydrogens is 428 g/mol. The number of aliphatic hydroxyl groups excluding tert-OH is 4. The standard InChI is InChI=1S/C20H32N2O10/c1-2-3-4-5-17(27)21-9-8-16(20(30)32-15(12-25)13-26)22-18(28)6-7-19(29)31-14(10-23)11-24/h3-4,6-7,14-16,23-26H,2,5,8-13H2,1H3,(H,21,27)(H,22,28)/b4-3-,7-6+. The molecule has 182 valence electrons. The lowest BCUT2D eigenvalue weighted by atomic mass is 10.2. The molecule has 12 heteroatoms. The summed E-state index contributed by atoms with van der Waals surface area (Å²) in [6.07, 6.45) is 3.58. The van der Waals surface area contributed by atoms with Crippen molar-refractivity contribution in [3.63, 3.8) is 0 Å². The normalized spacial score (nSPS) is 12.3. The van der Waals surface area contributed by atoms with Crippen LogP contribution in [0.2, 0.25) is 0 Å². The molecule has 2 amide bonds. The maximum Gasteiger partial charge on any atom is 0.331 e. The van der Waals surface area contributed by atoms with Gasteiger partial charge in [0.25, 0.3) is 0 Å². The largest absolute Gasteiger partial charge is 0.456 e. The van der Waals surface area contributed by atoms with Gasteiger partial charge in [-0.2, -0.15) is 0 Å². The van der Waals surface area contributed by atoms with Crippen molar-refractivity contribution < 1.29 is 49.1 Å². The summed E-state index contributed by atoms with van der Waals surface area (Å²) in [7, 11) is 0. The Balaban J connectivity index is 4.95. The maximum atomic E-state index is 12.3. The molecule has 0 heterocycles. The van der Waals surface area contributed by atoms with Crippen molar-refractivity contribution in [2.45, 2.75) is 44.4 Å². The first-order valence-electron chi connectivity index (χ1n) is 10.1. The zero-order valence-corrected chi connectivity index (χ0v) is 17.9. The van der Waals surface area contributed by atoms with Gasteiger partial charge in [0.2, 0.25) is 11.8 Å². The third kappa shape index (κ3) is 13.5. The van der Waals surface area contributed by atoms with Crippen LogP contribution in [0.5, 0.6) is 0 Å². The fourth-order valence-corrected chi connectivity index (χ4v) is 2.11. The monoisotopic (exact) mass is 460 g/mol. The van der Waals surface area contributed by atoms with E-state index in [0.29, 0.717) is 0 Å². The lowest BCUT2D eigenvalue weighted by molar-refractivity contribution is -0.157. The first-order chi connectivity index (χ1) is 15.3. The van der Waals surface area contributed by atoms with E-state index in [9.17, 15) is 19.2 Å². The lowest BCUT2D eigenvalue weighted by Crippen LogP contribution is -2.45. The molecule has 1 unspecified atom stereocenters. The van der Waals surface area contributed by atoms with Gasteiger partial charge < -0.3 is 40.5 Å². The van der Waals surface area contributed by atoms with Crippen LogP contribution in [-0.4, -0.2) is 95.4 Å². The Morgan fingerprint density at radius 3 is 2.03 bits per heavy atom. The van der Waals surface area contributed by atoms with E-state index in [4.69, 9.17) is 25.2 Å². The van der Waals surface area contributed by atoms with E-state index in [0.717, 1.165) is 18.6 Å². The van der Waals surface area contributed by atoms with Gasteiger partial charge in [0.15, 0.2) is 0 Å². The molecule has 6 N–H and O–H groups in total. The fraction of sp³-hybridized carbons (Fsp3) is 0.600. The number of amides is 2.